The SMILES string of the molecule is N#C[13CH2]CC1OCCO1. The van der Waals surface area contributed by atoms with Gasteiger partial charge in [-0.3, -0.25) is 0 Å². The second-order valence-corrected chi connectivity index (χ2v) is 1.87. The van der Waals surface area contributed by atoms with Gasteiger partial charge in [0.25, 0.3) is 0 Å². The van der Waals surface area contributed by atoms with Crippen LogP contribution in [0.5, 0.6) is 0 Å². The summed E-state index contributed by atoms with van der Waals surface area (Å²) >= 11 is 0. The predicted octanol–water partition coefficient (Wildman–Crippen LogP) is 0.663. The Bertz CT molecular complexity index is 113. The Morgan fingerprint density at radius 2 is 2.11 bits per heavy atom. The summed E-state index contributed by atoms with van der Waals surface area (Å²) in [6.45, 7) is 1.35. The molecule has 0 amide bonds. The van der Waals surface area contributed by atoms with Crippen LogP contribution in [0.1, 0.15) is 12.8 Å². The van der Waals surface area contributed by atoms with Gasteiger partial charge in [-0.2, -0.15) is 5.26 Å². The zero-order valence-electron chi connectivity index (χ0n) is 5.17. The van der Waals surface area contributed by atoms with Crippen molar-refractivity contribution >= 4 is 0 Å². The van der Waals surface area contributed by atoms with E-state index in [0.717, 1.165) is 0 Å². The van der Waals surface area contributed by atoms with Crippen molar-refractivity contribution in [1.29, 1.82) is 5.26 Å². The monoisotopic (exact) mass is 128 g/mol. The van der Waals surface area contributed by atoms with Crippen LogP contribution in [0.25, 0.3) is 0 Å². The van der Waals surface area contributed by atoms with E-state index in [4.69, 9.17) is 14.7 Å². The van der Waals surface area contributed by atoms with Gasteiger partial charge in [0.05, 0.1) is 19.3 Å². The Morgan fingerprint density at radius 3 is 2.67 bits per heavy atom. The van der Waals surface area contributed by atoms with Crippen molar-refractivity contribution in [3.63, 3.8) is 0 Å². The molecular weight excluding hydrogens is 119 g/mol. The van der Waals surface area contributed by atoms with E-state index in [2.05, 4.69) is 0 Å². The summed E-state index contributed by atoms with van der Waals surface area (Å²) in [6, 6.07) is 2.03. The minimum atomic E-state index is -0.107. The van der Waals surface area contributed by atoms with Crippen LogP contribution in [0.2, 0.25) is 0 Å². The summed E-state index contributed by atoms with van der Waals surface area (Å²) in [7, 11) is 0. The van der Waals surface area contributed by atoms with E-state index in [1.54, 1.807) is 0 Å². The summed E-state index contributed by atoms with van der Waals surface area (Å²) < 4.78 is 10.2. The number of hydrogen-bond donors (Lipinski definition) is 0. The van der Waals surface area contributed by atoms with Crippen LogP contribution in [0, 0.1) is 11.3 Å². The quantitative estimate of drug-likeness (QED) is 0.513. The molecule has 0 unspecified atom stereocenters. The van der Waals surface area contributed by atoms with Gasteiger partial charge in [0.15, 0.2) is 6.29 Å². The summed E-state index contributed by atoms with van der Waals surface area (Å²) in [5.41, 5.74) is 0. The fourth-order valence-electron chi connectivity index (χ4n) is 0.756. The summed E-state index contributed by atoms with van der Waals surface area (Å²) in [5, 5.41) is 8.17. The number of nitriles is 1. The van der Waals surface area contributed by atoms with Gasteiger partial charge in [0.2, 0.25) is 0 Å². The van der Waals surface area contributed by atoms with Crippen molar-refractivity contribution in [3.8, 4) is 6.07 Å². The largest absolute Gasteiger partial charge is 0.350 e. The highest BCUT2D eigenvalue weighted by atomic mass is 16.7. The first-order valence-corrected chi connectivity index (χ1v) is 3.03. The molecule has 1 aliphatic heterocycles. The smallest absolute Gasteiger partial charge is 0.158 e. The van der Waals surface area contributed by atoms with Crippen LogP contribution >= 0.6 is 0 Å². The van der Waals surface area contributed by atoms with Gasteiger partial charge in [-0.15, -0.1) is 0 Å². The Balaban J connectivity index is 2.06. The normalized spacial score (nSPS) is 19.9. The van der Waals surface area contributed by atoms with Crippen molar-refractivity contribution in [2.24, 2.45) is 0 Å². The summed E-state index contributed by atoms with van der Waals surface area (Å²) in [5.74, 6) is 0. The van der Waals surface area contributed by atoms with Crippen molar-refractivity contribution in [3.05, 3.63) is 0 Å². The predicted molar refractivity (Wildman–Crippen MR) is 30.5 cm³/mol. The molecule has 0 N–H and O–H groups in total. The van der Waals surface area contributed by atoms with E-state index in [9.17, 15) is 0 Å². The Labute approximate surface area is 54.2 Å². The molecule has 50 valence electrons. The van der Waals surface area contributed by atoms with Crippen LogP contribution in [0.4, 0.5) is 0 Å². The average molecular weight is 128 g/mol. The first-order chi connectivity index (χ1) is 4.43. The molecule has 1 saturated heterocycles. The Morgan fingerprint density at radius 1 is 1.44 bits per heavy atom. The van der Waals surface area contributed by atoms with Gasteiger partial charge in [0, 0.05) is 12.8 Å². The van der Waals surface area contributed by atoms with Gasteiger partial charge in [-0.1, -0.05) is 0 Å². The molecule has 0 aromatic carbocycles. The second-order valence-electron chi connectivity index (χ2n) is 1.87. The topological polar surface area (TPSA) is 42.2 Å². The zero-order valence-corrected chi connectivity index (χ0v) is 5.17. The van der Waals surface area contributed by atoms with Gasteiger partial charge in [0.1, 0.15) is 0 Å². The van der Waals surface area contributed by atoms with E-state index in [-0.39, 0.29) is 6.29 Å². The van der Waals surface area contributed by atoms with E-state index in [1.807, 2.05) is 6.07 Å². The van der Waals surface area contributed by atoms with Gasteiger partial charge in [-0.25, -0.2) is 0 Å². The summed E-state index contributed by atoms with van der Waals surface area (Å²) in [4.78, 5) is 0. The molecule has 0 saturated carbocycles. The number of hydrogen-bond acceptors (Lipinski definition) is 3. The number of nitrogens with zero attached hydrogens (tertiary/aromatic N) is 1. The number of ether oxygens (including phenoxy) is 2. The fraction of sp³-hybridized carbons (Fsp3) is 0.833. The number of rotatable bonds is 2. The molecule has 3 heteroatoms. The molecular formula is C6H9NO2. The van der Waals surface area contributed by atoms with Crippen molar-refractivity contribution in [2.75, 3.05) is 13.2 Å². The fourth-order valence-corrected chi connectivity index (χ4v) is 0.756. The zero-order chi connectivity index (χ0) is 6.53. The highest BCUT2D eigenvalue weighted by Crippen LogP contribution is 2.08. The van der Waals surface area contributed by atoms with Crippen LogP contribution in [0.3, 0.4) is 0 Å². The lowest BCUT2D eigenvalue weighted by molar-refractivity contribution is -0.0454. The van der Waals surface area contributed by atoms with Crippen LogP contribution in [0.15, 0.2) is 0 Å². The molecule has 0 atom stereocenters. The molecule has 1 fully saturated rings. The lowest BCUT2D eigenvalue weighted by atomic mass is 10.5. The van der Waals surface area contributed by atoms with Crippen LogP contribution < -0.4 is 0 Å². The molecule has 1 rings (SSSR count). The van der Waals surface area contributed by atoms with Gasteiger partial charge >= 0.3 is 0 Å². The van der Waals surface area contributed by atoms with E-state index < -0.39 is 0 Å². The van der Waals surface area contributed by atoms with Crippen molar-refractivity contribution < 1.29 is 9.47 Å². The third-order valence-electron chi connectivity index (χ3n) is 1.18. The Hall–Kier alpha value is -0.590. The lowest BCUT2D eigenvalue weighted by Crippen LogP contribution is -2.05. The molecule has 0 aliphatic carbocycles. The minimum Gasteiger partial charge on any atom is -0.350 e. The third-order valence-corrected chi connectivity index (χ3v) is 1.18. The maximum absolute atomic E-state index is 8.17. The van der Waals surface area contributed by atoms with Crippen molar-refractivity contribution in [2.45, 2.75) is 19.1 Å². The first-order valence-electron chi connectivity index (χ1n) is 3.03. The highest BCUT2D eigenvalue weighted by Gasteiger charge is 2.14. The maximum atomic E-state index is 8.17. The van der Waals surface area contributed by atoms with E-state index in [0.29, 0.717) is 26.1 Å². The standard InChI is InChI=1S/C6H9NO2/c7-3-1-2-6-8-4-5-9-6/h6H,1-2,4-5H2/i1+1. The Kier molecular flexibility index (Phi) is 2.49. The average Bonchev–Trinajstić information content (AvgIpc) is 2.34. The molecule has 1 aliphatic rings. The molecule has 1 heterocycles. The van der Waals surface area contributed by atoms with Gasteiger partial charge < -0.3 is 9.47 Å². The molecule has 3 nitrogen and oxygen atoms in total. The van der Waals surface area contributed by atoms with Crippen LogP contribution in [-0.2, 0) is 9.47 Å². The molecule has 0 aromatic rings. The minimum absolute atomic E-state index is 0.107. The highest BCUT2D eigenvalue weighted by molar-refractivity contribution is 4.70. The van der Waals surface area contributed by atoms with E-state index >= 15 is 0 Å². The summed E-state index contributed by atoms with van der Waals surface area (Å²) in [6.07, 6.45) is 1.12. The van der Waals surface area contributed by atoms with E-state index in [1.165, 1.54) is 0 Å². The maximum Gasteiger partial charge on any atom is 0.158 e. The first kappa shape index (κ1) is 6.53. The van der Waals surface area contributed by atoms with Crippen molar-refractivity contribution in [1.82, 2.24) is 0 Å². The van der Waals surface area contributed by atoms with Crippen LogP contribution in [-0.4, -0.2) is 19.5 Å². The lowest BCUT2D eigenvalue weighted by Gasteiger charge is -2.03. The molecule has 0 radical (unpaired) electrons. The second kappa shape index (κ2) is 3.44. The molecule has 0 aromatic heterocycles. The molecule has 9 heavy (non-hydrogen) atoms. The molecule has 0 bridgehead atoms. The molecule has 0 spiro atoms. The van der Waals surface area contributed by atoms with Gasteiger partial charge in [-0.05, 0) is 0 Å². The third kappa shape index (κ3) is 2.00.